The Kier molecular flexibility index (Phi) is 9.50. The molecule has 3 aromatic rings. The van der Waals surface area contributed by atoms with Gasteiger partial charge in [0, 0.05) is 31.9 Å². The first kappa shape index (κ1) is 23.5. The minimum absolute atomic E-state index is 0. The molecule has 3 nitrogen and oxygen atoms in total. The molecule has 0 fully saturated rings. The number of rotatable bonds is 3. The maximum absolute atomic E-state index is 10.1. The van der Waals surface area contributed by atoms with Crippen molar-refractivity contribution in [1.29, 1.82) is 0 Å². The van der Waals surface area contributed by atoms with Crippen LogP contribution >= 0.6 is 0 Å². The van der Waals surface area contributed by atoms with Crippen LogP contribution in [0, 0.1) is 19.9 Å². The number of carbonyl (C=O) groups is 1. The van der Waals surface area contributed by atoms with E-state index in [0.717, 1.165) is 28.6 Å². The molecule has 0 bridgehead atoms. The Morgan fingerprint density at radius 2 is 1.68 bits per heavy atom. The number of aromatic nitrogens is 1. The normalized spacial score (nSPS) is 10.4. The number of hydrogen-bond acceptors (Lipinski definition) is 3. The van der Waals surface area contributed by atoms with E-state index >= 15 is 0 Å². The van der Waals surface area contributed by atoms with Crippen LogP contribution in [-0.2, 0) is 24.9 Å². The maximum Gasteiger partial charge on any atom is 0.158 e. The van der Waals surface area contributed by atoms with Gasteiger partial charge in [0.2, 0.25) is 0 Å². The van der Waals surface area contributed by atoms with Crippen molar-refractivity contribution in [2.45, 2.75) is 27.7 Å². The van der Waals surface area contributed by atoms with E-state index < -0.39 is 0 Å². The summed E-state index contributed by atoms with van der Waals surface area (Å²) >= 11 is 0. The zero-order valence-corrected chi connectivity index (χ0v) is 18.9. The summed E-state index contributed by atoms with van der Waals surface area (Å²) in [4.78, 5) is 14.7. The average Bonchev–Trinajstić information content (AvgIpc) is 2.68. The third-order valence-corrected chi connectivity index (χ3v) is 4.04. The molecular formula is C24H24IrNO2-. The van der Waals surface area contributed by atoms with E-state index in [9.17, 15) is 4.79 Å². The molecule has 1 heterocycles. The molecule has 0 saturated heterocycles. The van der Waals surface area contributed by atoms with Crippen LogP contribution in [0.1, 0.15) is 25.0 Å². The van der Waals surface area contributed by atoms with Gasteiger partial charge in [-0.25, -0.2) is 0 Å². The quantitative estimate of drug-likeness (QED) is 0.252. The minimum Gasteiger partial charge on any atom is -0.515 e. The first-order valence-electron chi connectivity index (χ1n) is 8.75. The number of carbonyl (C=O) groups excluding carboxylic acids is 1. The van der Waals surface area contributed by atoms with Gasteiger partial charge in [-0.05, 0) is 30.7 Å². The summed E-state index contributed by atoms with van der Waals surface area (Å²) in [5.74, 6) is -0.0949. The Balaban J connectivity index is 0.000000425. The Labute approximate surface area is 180 Å². The first-order valence-corrected chi connectivity index (χ1v) is 8.75. The topological polar surface area (TPSA) is 50.2 Å². The zero-order chi connectivity index (χ0) is 19.8. The monoisotopic (exact) mass is 551 g/mol. The van der Waals surface area contributed by atoms with Crippen molar-refractivity contribution in [3.63, 3.8) is 0 Å². The van der Waals surface area contributed by atoms with Crippen LogP contribution in [0.15, 0.2) is 72.6 Å². The number of benzene rings is 2. The van der Waals surface area contributed by atoms with Crippen LogP contribution in [0.5, 0.6) is 0 Å². The Bertz CT molecular complexity index is 912. The number of nitrogens with zero attached hydrogens (tertiary/aromatic N) is 1. The molecule has 0 unspecified atom stereocenters. The Hall–Kier alpha value is -2.55. The van der Waals surface area contributed by atoms with Crippen LogP contribution < -0.4 is 0 Å². The van der Waals surface area contributed by atoms with Crippen LogP contribution in [0.4, 0.5) is 0 Å². The molecule has 0 aliphatic carbocycles. The summed E-state index contributed by atoms with van der Waals surface area (Å²) in [7, 11) is 0. The van der Waals surface area contributed by atoms with Gasteiger partial charge >= 0.3 is 0 Å². The van der Waals surface area contributed by atoms with Crippen molar-refractivity contribution in [2.24, 2.45) is 0 Å². The first-order chi connectivity index (χ1) is 12.9. The van der Waals surface area contributed by atoms with Gasteiger partial charge in [0.1, 0.15) is 0 Å². The fourth-order valence-corrected chi connectivity index (χ4v) is 2.48. The number of allylic oxidation sites excluding steroid dienone is 1. The van der Waals surface area contributed by atoms with E-state index in [4.69, 9.17) is 5.11 Å². The second-order valence-electron chi connectivity index (χ2n) is 6.42. The molecule has 0 aliphatic rings. The van der Waals surface area contributed by atoms with Crippen molar-refractivity contribution in [3.05, 3.63) is 89.8 Å². The molecule has 0 aliphatic heterocycles. The molecule has 3 rings (SSSR count). The minimum atomic E-state index is -0.0949. The van der Waals surface area contributed by atoms with E-state index in [2.05, 4.69) is 61.3 Å². The standard InChI is InChI=1S/C19H16N.C5H8O2.Ir/c1-14-10-15(2)12-18(11-14)19-9-8-17(13-20-19)16-6-4-3-5-7-16;1-4(3-6)5(2)7;/h3-11,13H,1-2H3;3,6H,1-2H3;/q-1;;/b;4-3-;. The molecule has 0 amide bonds. The van der Waals surface area contributed by atoms with E-state index in [1.54, 1.807) is 6.92 Å². The number of ketones is 1. The van der Waals surface area contributed by atoms with Gasteiger partial charge in [-0.1, -0.05) is 56.3 Å². The smallest absolute Gasteiger partial charge is 0.158 e. The van der Waals surface area contributed by atoms with Crippen LogP contribution in [0.2, 0.25) is 0 Å². The summed E-state index contributed by atoms with van der Waals surface area (Å²) in [5, 5.41) is 8.12. The molecule has 1 radical (unpaired) electrons. The molecule has 0 spiro atoms. The van der Waals surface area contributed by atoms with E-state index in [-0.39, 0.29) is 25.9 Å². The molecule has 147 valence electrons. The molecule has 2 aromatic carbocycles. The van der Waals surface area contributed by atoms with E-state index in [1.165, 1.54) is 18.1 Å². The third-order valence-electron chi connectivity index (χ3n) is 4.04. The van der Waals surface area contributed by atoms with Gasteiger partial charge in [-0.3, -0.25) is 4.79 Å². The van der Waals surface area contributed by atoms with Crippen LogP contribution in [0.25, 0.3) is 22.4 Å². The summed E-state index contributed by atoms with van der Waals surface area (Å²) in [5.41, 5.74) is 7.13. The molecular weight excluding hydrogens is 526 g/mol. The summed E-state index contributed by atoms with van der Waals surface area (Å²) in [6, 6.07) is 22.1. The van der Waals surface area contributed by atoms with Crippen molar-refractivity contribution < 1.29 is 30.0 Å². The predicted octanol–water partition coefficient (Wildman–Crippen LogP) is 5.87. The van der Waals surface area contributed by atoms with Gasteiger partial charge in [-0.15, -0.1) is 34.9 Å². The van der Waals surface area contributed by atoms with Gasteiger partial charge in [0.05, 0.1) is 6.26 Å². The number of aryl methyl sites for hydroxylation is 2. The number of Topliss-reactive ketones (excluding diaryl/α,β-unsaturated/α-hetero) is 1. The van der Waals surface area contributed by atoms with E-state index in [1.807, 2.05) is 24.4 Å². The van der Waals surface area contributed by atoms with Crippen LogP contribution in [0.3, 0.4) is 0 Å². The average molecular weight is 551 g/mol. The summed E-state index contributed by atoms with van der Waals surface area (Å²) in [6.07, 6.45) is 2.73. The number of pyridine rings is 1. The van der Waals surface area contributed by atoms with Gasteiger partial charge in [-0.2, -0.15) is 0 Å². The number of aliphatic hydroxyl groups is 1. The van der Waals surface area contributed by atoms with Crippen molar-refractivity contribution in [3.8, 4) is 22.4 Å². The fraction of sp³-hybridized carbons (Fsp3) is 0.167. The predicted molar refractivity (Wildman–Crippen MR) is 110 cm³/mol. The van der Waals surface area contributed by atoms with Crippen molar-refractivity contribution in [2.75, 3.05) is 0 Å². The molecule has 1 aromatic heterocycles. The van der Waals surface area contributed by atoms with Gasteiger partial charge in [0.15, 0.2) is 5.78 Å². The van der Waals surface area contributed by atoms with Crippen LogP contribution in [-0.4, -0.2) is 15.9 Å². The van der Waals surface area contributed by atoms with Crippen molar-refractivity contribution in [1.82, 2.24) is 4.98 Å². The van der Waals surface area contributed by atoms with Gasteiger partial charge in [0.25, 0.3) is 0 Å². The SMILES string of the molecule is CC(=O)/C(C)=C\O.Cc1[c-]c(-c2ccc(-c3ccccc3)cn2)cc(C)c1.[Ir]. The maximum atomic E-state index is 10.1. The molecule has 0 atom stereocenters. The Morgan fingerprint density at radius 3 is 2.14 bits per heavy atom. The third kappa shape index (κ3) is 6.88. The Morgan fingerprint density at radius 1 is 1.00 bits per heavy atom. The summed E-state index contributed by atoms with van der Waals surface area (Å²) < 4.78 is 0. The molecule has 4 heteroatoms. The van der Waals surface area contributed by atoms with Crippen molar-refractivity contribution >= 4 is 5.78 Å². The number of aliphatic hydroxyl groups excluding tert-OH is 1. The number of hydrogen-bond donors (Lipinski definition) is 1. The molecule has 1 N–H and O–H groups in total. The second-order valence-corrected chi connectivity index (χ2v) is 6.42. The zero-order valence-electron chi connectivity index (χ0n) is 16.5. The molecule has 0 saturated carbocycles. The largest absolute Gasteiger partial charge is 0.515 e. The fourth-order valence-electron chi connectivity index (χ4n) is 2.48. The second kappa shape index (κ2) is 11.3. The van der Waals surface area contributed by atoms with E-state index in [0.29, 0.717) is 5.57 Å². The van der Waals surface area contributed by atoms with Gasteiger partial charge < -0.3 is 10.1 Å². The molecule has 28 heavy (non-hydrogen) atoms. The summed E-state index contributed by atoms with van der Waals surface area (Å²) in [6.45, 7) is 7.13.